The highest BCUT2D eigenvalue weighted by Crippen LogP contribution is 2.31. The summed E-state index contributed by atoms with van der Waals surface area (Å²) in [6, 6.07) is 6.62. The maximum absolute atomic E-state index is 14.7. The van der Waals surface area contributed by atoms with Gasteiger partial charge in [-0.15, -0.1) is 0 Å². The number of piperidine rings is 1. The number of hydrogen-bond donors (Lipinski definition) is 3. The molecule has 0 saturated carbocycles. The van der Waals surface area contributed by atoms with E-state index in [2.05, 4.69) is 22.5 Å². The number of anilines is 2. The Balaban J connectivity index is 1.43. The molecule has 9 heteroatoms. The first kappa shape index (κ1) is 24.5. The van der Waals surface area contributed by atoms with Crippen LogP contribution < -0.4 is 10.6 Å². The fourth-order valence-corrected chi connectivity index (χ4v) is 4.64. The maximum Gasteiger partial charge on any atom is 0.256 e. The van der Waals surface area contributed by atoms with E-state index in [9.17, 15) is 23.1 Å². The van der Waals surface area contributed by atoms with Crippen LogP contribution in [0.4, 0.5) is 24.5 Å². The minimum atomic E-state index is -1.26. The molecule has 4 rings (SSSR count). The van der Waals surface area contributed by atoms with Gasteiger partial charge in [-0.1, -0.05) is 13.0 Å². The summed E-state index contributed by atoms with van der Waals surface area (Å²) in [4.78, 5) is 16.8. The van der Waals surface area contributed by atoms with Gasteiger partial charge in [0, 0.05) is 19.1 Å². The first-order valence-corrected chi connectivity index (χ1v) is 11.7. The Kier molecular flexibility index (Phi) is 7.16. The molecule has 2 aliphatic heterocycles. The second-order valence-electron chi connectivity index (χ2n) is 9.39. The Morgan fingerprint density at radius 3 is 2.65 bits per heavy atom. The predicted octanol–water partition coefficient (Wildman–Crippen LogP) is 3.42. The third-order valence-corrected chi connectivity index (χ3v) is 6.64. The van der Waals surface area contributed by atoms with Gasteiger partial charge < -0.3 is 25.5 Å². The molecule has 0 aromatic heterocycles. The van der Waals surface area contributed by atoms with Gasteiger partial charge >= 0.3 is 0 Å². The monoisotopic (exact) mass is 476 g/mol. The van der Waals surface area contributed by atoms with Gasteiger partial charge in [0.05, 0.1) is 30.0 Å². The Morgan fingerprint density at radius 1 is 1.18 bits per heavy atom. The van der Waals surface area contributed by atoms with Crippen LogP contribution in [0, 0.1) is 24.4 Å². The molecule has 2 fully saturated rings. The summed E-state index contributed by atoms with van der Waals surface area (Å²) < 4.78 is 42.9. The summed E-state index contributed by atoms with van der Waals surface area (Å²) in [7, 11) is 0. The SMILES string of the molecule is CCN1CCCC(NCC2(O)CN(C(=O)c3ccc(F)c(F)c3Nc3ccc(C)cc3F)C2)C1. The van der Waals surface area contributed by atoms with E-state index < -0.39 is 34.6 Å². The standard InChI is InChI=1S/C25H31F3N4O2/c1-3-31-10-4-5-17(12-31)29-13-25(34)14-32(15-25)24(33)18-7-8-19(26)22(28)23(18)30-21-9-6-16(2)11-20(21)27/h6-9,11,17,29-30,34H,3-5,10,12-15H2,1-2H3. The molecular formula is C25H31F3N4O2. The Morgan fingerprint density at radius 2 is 1.94 bits per heavy atom. The lowest BCUT2D eigenvalue weighted by atomic mass is 9.92. The molecule has 1 amide bonds. The van der Waals surface area contributed by atoms with Crippen molar-refractivity contribution in [2.75, 3.05) is 44.6 Å². The van der Waals surface area contributed by atoms with Crippen molar-refractivity contribution in [3.8, 4) is 0 Å². The molecule has 2 heterocycles. The average molecular weight is 477 g/mol. The highest BCUT2D eigenvalue weighted by atomic mass is 19.2. The zero-order valence-corrected chi connectivity index (χ0v) is 19.5. The van der Waals surface area contributed by atoms with Gasteiger partial charge in [-0.3, -0.25) is 4.79 Å². The molecule has 1 unspecified atom stereocenters. The number of rotatable bonds is 7. The number of β-amino-alcohol motifs (C(OH)–C–C–N with tert-alkyl or cyclic N) is 1. The number of aryl methyl sites for hydroxylation is 1. The zero-order valence-electron chi connectivity index (χ0n) is 19.5. The molecule has 0 aliphatic carbocycles. The molecule has 34 heavy (non-hydrogen) atoms. The third kappa shape index (κ3) is 5.21. The van der Waals surface area contributed by atoms with E-state index in [1.54, 1.807) is 13.0 Å². The van der Waals surface area contributed by atoms with Crippen molar-refractivity contribution in [3.05, 3.63) is 58.9 Å². The van der Waals surface area contributed by atoms with Crippen molar-refractivity contribution >= 4 is 17.3 Å². The smallest absolute Gasteiger partial charge is 0.256 e. The fourth-order valence-electron chi connectivity index (χ4n) is 4.64. The first-order chi connectivity index (χ1) is 16.2. The number of halogens is 3. The van der Waals surface area contributed by atoms with Crippen molar-refractivity contribution in [2.24, 2.45) is 0 Å². The number of carbonyl (C=O) groups is 1. The van der Waals surface area contributed by atoms with Crippen molar-refractivity contribution in [1.29, 1.82) is 0 Å². The second-order valence-corrected chi connectivity index (χ2v) is 9.39. The van der Waals surface area contributed by atoms with Crippen LogP contribution in [-0.4, -0.2) is 71.7 Å². The largest absolute Gasteiger partial charge is 0.385 e. The van der Waals surface area contributed by atoms with Crippen molar-refractivity contribution in [2.45, 2.75) is 38.3 Å². The Hall–Kier alpha value is -2.62. The summed E-state index contributed by atoms with van der Waals surface area (Å²) >= 11 is 0. The number of carbonyl (C=O) groups excluding carboxylic acids is 1. The Labute approximate surface area is 197 Å². The number of amides is 1. The summed E-state index contributed by atoms with van der Waals surface area (Å²) in [5, 5.41) is 16.8. The van der Waals surface area contributed by atoms with Crippen LogP contribution in [0.25, 0.3) is 0 Å². The predicted molar refractivity (Wildman–Crippen MR) is 125 cm³/mol. The van der Waals surface area contributed by atoms with Crippen LogP contribution in [0.3, 0.4) is 0 Å². The molecule has 2 aliphatic rings. The van der Waals surface area contributed by atoms with Crippen LogP contribution in [0.15, 0.2) is 30.3 Å². The van der Waals surface area contributed by atoms with Crippen LogP contribution in [0.1, 0.15) is 35.7 Å². The molecule has 1 atom stereocenters. The van der Waals surface area contributed by atoms with Gasteiger partial charge in [-0.25, -0.2) is 13.2 Å². The highest BCUT2D eigenvalue weighted by molar-refractivity contribution is 6.01. The molecule has 0 bridgehead atoms. The van der Waals surface area contributed by atoms with Crippen LogP contribution in [0.2, 0.25) is 0 Å². The second kappa shape index (κ2) is 9.93. The van der Waals surface area contributed by atoms with E-state index in [0.717, 1.165) is 38.5 Å². The van der Waals surface area contributed by atoms with E-state index in [1.165, 1.54) is 23.1 Å². The van der Waals surface area contributed by atoms with Gasteiger partial charge in [0.2, 0.25) is 0 Å². The topological polar surface area (TPSA) is 67.8 Å². The van der Waals surface area contributed by atoms with Gasteiger partial charge in [0.15, 0.2) is 11.6 Å². The summed E-state index contributed by atoms with van der Waals surface area (Å²) in [5.74, 6) is -3.62. The first-order valence-electron chi connectivity index (χ1n) is 11.7. The van der Waals surface area contributed by atoms with Crippen LogP contribution in [-0.2, 0) is 0 Å². The molecular weight excluding hydrogens is 445 g/mol. The number of nitrogens with one attached hydrogen (secondary N) is 2. The maximum atomic E-state index is 14.7. The van der Waals surface area contributed by atoms with E-state index in [4.69, 9.17) is 0 Å². The van der Waals surface area contributed by atoms with Gasteiger partial charge in [-0.2, -0.15) is 0 Å². The van der Waals surface area contributed by atoms with E-state index in [1.807, 2.05) is 0 Å². The third-order valence-electron chi connectivity index (χ3n) is 6.64. The van der Waals surface area contributed by atoms with E-state index in [-0.39, 0.29) is 30.4 Å². The number of likely N-dealkylation sites (tertiary alicyclic amines) is 2. The molecule has 2 saturated heterocycles. The minimum Gasteiger partial charge on any atom is -0.385 e. The van der Waals surface area contributed by atoms with Gasteiger partial charge in [-0.05, 0) is 62.7 Å². The average Bonchev–Trinajstić information content (AvgIpc) is 2.80. The molecule has 0 spiro atoms. The summed E-state index contributed by atoms with van der Waals surface area (Å²) in [6.45, 7) is 7.31. The lowest BCUT2D eigenvalue weighted by Gasteiger charge is -2.47. The quantitative estimate of drug-likeness (QED) is 0.572. The number of aliphatic hydroxyl groups is 1. The van der Waals surface area contributed by atoms with Crippen molar-refractivity contribution in [1.82, 2.24) is 15.1 Å². The molecule has 0 radical (unpaired) electrons. The normalized spacial score (nSPS) is 20.2. The zero-order chi connectivity index (χ0) is 24.5. The number of nitrogens with zero attached hydrogens (tertiary/aromatic N) is 2. The number of benzene rings is 2. The molecule has 184 valence electrons. The fraction of sp³-hybridized carbons (Fsp3) is 0.480. The van der Waals surface area contributed by atoms with Gasteiger partial charge in [0.1, 0.15) is 11.4 Å². The van der Waals surface area contributed by atoms with E-state index in [0.29, 0.717) is 12.1 Å². The van der Waals surface area contributed by atoms with Crippen LogP contribution >= 0.6 is 0 Å². The van der Waals surface area contributed by atoms with Gasteiger partial charge in [0.25, 0.3) is 5.91 Å². The van der Waals surface area contributed by atoms with Crippen molar-refractivity contribution in [3.63, 3.8) is 0 Å². The Bertz CT molecular complexity index is 1060. The molecule has 3 N–H and O–H groups in total. The molecule has 6 nitrogen and oxygen atoms in total. The summed E-state index contributed by atoms with van der Waals surface area (Å²) in [6.07, 6.45) is 2.14. The minimum absolute atomic E-state index is 0.0675. The molecule has 2 aromatic carbocycles. The number of likely N-dealkylation sites (N-methyl/N-ethyl adjacent to an activating group) is 1. The van der Waals surface area contributed by atoms with Crippen molar-refractivity contribution < 1.29 is 23.1 Å². The molecule has 2 aromatic rings. The highest BCUT2D eigenvalue weighted by Gasteiger charge is 2.44. The lowest BCUT2D eigenvalue weighted by molar-refractivity contribution is -0.0806. The van der Waals surface area contributed by atoms with E-state index >= 15 is 0 Å². The lowest BCUT2D eigenvalue weighted by Crippen LogP contribution is -2.68. The summed E-state index contributed by atoms with van der Waals surface area (Å²) in [5.41, 5.74) is -1.03. The number of hydrogen-bond acceptors (Lipinski definition) is 5. The van der Waals surface area contributed by atoms with Crippen LogP contribution in [0.5, 0.6) is 0 Å².